The lowest BCUT2D eigenvalue weighted by molar-refractivity contribution is 0.103. The first kappa shape index (κ1) is 16.6. The maximum Gasteiger partial charge on any atom is 0.213 e. The highest BCUT2D eigenvalue weighted by Crippen LogP contribution is 2.25. The Hall–Kier alpha value is -2.24. The number of halogens is 2. The van der Waals surface area contributed by atoms with Gasteiger partial charge in [-0.25, -0.2) is 0 Å². The Kier molecular flexibility index (Phi) is 4.92. The normalized spacial score (nSPS) is 10.8. The van der Waals surface area contributed by atoms with Crippen LogP contribution in [-0.4, -0.2) is 25.5 Å². The van der Waals surface area contributed by atoms with Crippen molar-refractivity contribution in [3.63, 3.8) is 0 Å². The molecule has 0 fully saturated rings. The van der Waals surface area contributed by atoms with Gasteiger partial charge in [0.2, 0.25) is 5.78 Å². The van der Waals surface area contributed by atoms with Gasteiger partial charge in [-0.3, -0.25) is 14.3 Å². The summed E-state index contributed by atoms with van der Waals surface area (Å²) in [6.07, 6.45) is 2.24. The fourth-order valence-corrected chi connectivity index (χ4v) is 2.81. The van der Waals surface area contributed by atoms with E-state index in [1.54, 1.807) is 47.2 Å². The van der Waals surface area contributed by atoms with E-state index in [0.29, 0.717) is 34.2 Å². The molecule has 0 radical (unpaired) electrons. The van der Waals surface area contributed by atoms with Crippen molar-refractivity contribution in [1.82, 2.24) is 19.7 Å². The van der Waals surface area contributed by atoms with Crippen LogP contribution in [0, 0.1) is 0 Å². The van der Waals surface area contributed by atoms with Gasteiger partial charge >= 0.3 is 0 Å². The summed E-state index contributed by atoms with van der Waals surface area (Å²) in [6, 6.07) is 10.3. The number of aromatic nitrogens is 4. The minimum Gasteiger partial charge on any atom is -0.287 e. The van der Waals surface area contributed by atoms with E-state index in [9.17, 15) is 4.79 Å². The number of rotatable bonds is 5. The zero-order chi connectivity index (χ0) is 17.1. The molecule has 1 aromatic carbocycles. The number of aryl methyl sites for hydroxylation is 1. The molecule has 2 aromatic heterocycles. The predicted octanol–water partition coefficient (Wildman–Crippen LogP) is 3.85. The number of pyridine rings is 1. The second-order valence-corrected chi connectivity index (χ2v) is 5.76. The van der Waals surface area contributed by atoms with E-state index in [-0.39, 0.29) is 11.7 Å². The molecule has 0 atom stereocenters. The standard InChI is InChI=1S/C17H14Cl2N4O/c1-2-15-21-22-16(10-18)23(15)14-7-6-11(19)9-12(14)17(24)13-5-3-4-8-20-13/h3-9H,2,10H2,1H3. The monoisotopic (exact) mass is 360 g/mol. The summed E-state index contributed by atoms with van der Waals surface area (Å²) >= 11 is 12.1. The summed E-state index contributed by atoms with van der Waals surface area (Å²) < 4.78 is 1.81. The van der Waals surface area contributed by atoms with Gasteiger partial charge in [0, 0.05) is 23.2 Å². The van der Waals surface area contributed by atoms with E-state index in [0.717, 1.165) is 5.82 Å². The minimum atomic E-state index is -0.218. The van der Waals surface area contributed by atoms with Gasteiger partial charge in [0.1, 0.15) is 11.5 Å². The van der Waals surface area contributed by atoms with Gasteiger partial charge in [-0.1, -0.05) is 24.6 Å². The Morgan fingerprint density at radius 3 is 2.62 bits per heavy atom. The van der Waals surface area contributed by atoms with Crippen molar-refractivity contribution in [3.8, 4) is 5.69 Å². The number of benzene rings is 1. The number of hydrogen-bond donors (Lipinski definition) is 0. The van der Waals surface area contributed by atoms with Crippen LogP contribution in [0.1, 0.15) is 34.6 Å². The first-order valence-corrected chi connectivity index (χ1v) is 8.31. The van der Waals surface area contributed by atoms with Crippen LogP contribution in [0.3, 0.4) is 0 Å². The molecule has 0 spiro atoms. The lowest BCUT2D eigenvalue weighted by Gasteiger charge is -2.13. The second-order valence-electron chi connectivity index (χ2n) is 5.06. The van der Waals surface area contributed by atoms with Crippen LogP contribution >= 0.6 is 23.2 Å². The fourth-order valence-electron chi connectivity index (χ4n) is 2.47. The number of carbonyl (C=O) groups is 1. The third-order valence-electron chi connectivity index (χ3n) is 3.57. The Morgan fingerprint density at radius 1 is 1.17 bits per heavy atom. The highest BCUT2D eigenvalue weighted by atomic mass is 35.5. The molecule has 0 aliphatic heterocycles. The summed E-state index contributed by atoms with van der Waals surface area (Å²) in [4.78, 5) is 17.0. The maximum atomic E-state index is 12.9. The minimum absolute atomic E-state index is 0.187. The maximum absolute atomic E-state index is 12.9. The molecular formula is C17H14Cl2N4O. The predicted molar refractivity (Wildman–Crippen MR) is 93.0 cm³/mol. The molecule has 0 unspecified atom stereocenters. The Bertz CT molecular complexity index is 856. The lowest BCUT2D eigenvalue weighted by Crippen LogP contribution is -2.12. The van der Waals surface area contributed by atoms with Gasteiger partial charge in [0.05, 0.1) is 11.6 Å². The number of alkyl halides is 1. The van der Waals surface area contributed by atoms with E-state index in [1.165, 1.54) is 0 Å². The van der Waals surface area contributed by atoms with Crippen LogP contribution in [-0.2, 0) is 12.3 Å². The Labute approximate surface area is 149 Å². The number of nitrogens with zero attached hydrogens (tertiary/aromatic N) is 4. The largest absolute Gasteiger partial charge is 0.287 e. The first-order chi connectivity index (χ1) is 11.7. The molecule has 0 amide bonds. The first-order valence-electron chi connectivity index (χ1n) is 7.40. The van der Waals surface area contributed by atoms with Gasteiger partial charge in [0.25, 0.3) is 0 Å². The van der Waals surface area contributed by atoms with Gasteiger partial charge < -0.3 is 0 Å². The Balaban J connectivity index is 2.21. The van der Waals surface area contributed by atoms with E-state index in [4.69, 9.17) is 23.2 Å². The van der Waals surface area contributed by atoms with Crippen molar-refractivity contribution in [3.05, 3.63) is 70.5 Å². The van der Waals surface area contributed by atoms with E-state index < -0.39 is 0 Å². The van der Waals surface area contributed by atoms with Crippen LogP contribution in [0.15, 0.2) is 42.6 Å². The van der Waals surface area contributed by atoms with Crippen molar-refractivity contribution in [2.24, 2.45) is 0 Å². The van der Waals surface area contributed by atoms with Gasteiger partial charge in [-0.05, 0) is 30.3 Å². The third kappa shape index (κ3) is 3.05. The van der Waals surface area contributed by atoms with E-state index in [2.05, 4.69) is 15.2 Å². The van der Waals surface area contributed by atoms with E-state index in [1.807, 2.05) is 6.92 Å². The average molecular weight is 361 g/mol. The second kappa shape index (κ2) is 7.11. The summed E-state index contributed by atoms with van der Waals surface area (Å²) in [5, 5.41) is 8.71. The topological polar surface area (TPSA) is 60.7 Å². The van der Waals surface area contributed by atoms with Crippen molar-refractivity contribution in [1.29, 1.82) is 0 Å². The summed E-state index contributed by atoms with van der Waals surface area (Å²) in [7, 11) is 0. The zero-order valence-corrected chi connectivity index (χ0v) is 14.4. The van der Waals surface area contributed by atoms with Crippen LogP contribution in [0.4, 0.5) is 0 Å². The van der Waals surface area contributed by atoms with Gasteiger partial charge in [0.15, 0.2) is 5.82 Å². The summed E-state index contributed by atoms with van der Waals surface area (Å²) in [5.74, 6) is 1.27. The highest BCUT2D eigenvalue weighted by Gasteiger charge is 2.20. The SMILES string of the molecule is CCc1nnc(CCl)n1-c1ccc(Cl)cc1C(=O)c1ccccn1. The quantitative estimate of drug-likeness (QED) is 0.512. The highest BCUT2D eigenvalue weighted by molar-refractivity contribution is 6.31. The third-order valence-corrected chi connectivity index (χ3v) is 4.05. The number of hydrogen-bond acceptors (Lipinski definition) is 4. The zero-order valence-electron chi connectivity index (χ0n) is 12.9. The summed E-state index contributed by atoms with van der Waals surface area (Å²) in [5.41, 5.74) is 1.43. The molecule has 0 saturated heterocycles. The molecule has 7 heteroatoms. The van der Waals surface area contributed by atoms with Crippen LogP contribution in [0.5, 0.6) is 0 Å². The van der Waals surface area contributed by atoms with Crippen molar-refractivity contribution >= 4 is 29.0 Å². The van der Waals surface area contributed by atoms with Crippen LogP contribution < -0.4 is 0 Å². The van der Waals surface area contributed by atoms with Crippen molar-refractivity contribution in [2.45, 2.75) is 19.2 Å². The molecule has 3 rings (SSSR count). The molecule has 5 nitrogen and oxygen atoms in total. The molecule has 0 saturated carbocycles. The number of carbonyl (C=O) groups excluding carboxylic acids is 1. The molecule has 122 valence electrons. The van der Waals surface area contributed by atoms with E-state index >= 15 is 0 Å². The fraction of sp³-hybridized carbons (Fsp3) is 0.176. The smallest absolute Gasteiger partial charge is 0.213 e. The van der Waals surface area contributed by atoms with Crippen molar-refractivity contribution < 1.29 is 4.79 Å². The molecular weight excluding hydrogens is 347 g/mol. The van der Waals surface area contributed by atoms with Gasteiger partial charge in [-0.2, -0.15) is 0 Å². The number of ketones is 1. The Morgan fingerprint density at radius 2 is 1.96 bits per heavy atom. The molecule has 0 aliphatic carbocycles. The van der Waals surface area contributed by atoms with Crippen LogP contribution in [0.25, 0.3) is 5.69 Å². The average Bonchev–Trinajstić information content (AvgIpc) is 3.04. The summed E-state index contributed by atoms with van der Waals surface area (Å²) in [6.45, 7) is 1.97. The lowest BCUT2D eigenvalue weighted by atomic mass is 10.0. The molecule has 3 aromatic rings. The molecule has 0 bridgehead atoms. The molecule has 0 N–H and O–H groups in total. The van der Waals surface area contributed by atoms with Gasteiger partial charge in [-0.15, -0.1) is 21.8 Å². The van der Waals surface area contributed by atoms with Crippen molar-refractivity contribution in [2.75, 3.05) is 0 Å². The molecule has 24 heavy (non-hydrogen) atoms. The van der Waals surface area contributed by atoms with Crippen LogP contribution in [0.2, 0.25) is 5.02 Å². The molecule has 2 heterocycles. The molecule has 0 aliphatic rings.